The monoisotopic (exact) mass is 600 g/mol. The van der Waals surface area contributed by atoms with Crippen molar-refractivity contribution < 1.29 is 19.3 Å². The van der Waals surface area contributed by atoms with Gasteiger partial charge in [0.2, 0.25) is 5.91 Å². The summed E-state index contributed by atoms with van der Waals surface area (Å²) in [6.07, 6.45) is 1.43. The maximum absolute atomic E-state index is 13.2. The van der Waals surface area contributed by atoms with Crippen molar-refractivity contribution in [2.24, 2.45) is 0 Å². The van der Waals surface area contributed by atoms with E-state index in [9.17, 15) is 24.5 Å². The number of carbonyl (C=O) groups is 3. The molecule has 42 heavy (non-hydrogen) atoms. The molecule has 0 aliphatic rings. The molecule has 11 heteroatoms. The van der Waals surface area contributed by atoms with Gasteiger partial charge in [0.1, 0.15) is 5.70 Å². The molecule has 0 aromatic heterocycles. The molecule has 0 aliphatic heterocycles. The molecule has 0 unspecified atom stereocenters. The Morgan fingerprint density at radius 1 is 0.905 bits per heavy atom. The molecule has 4 rings (SSSR count). The van der Waals surface area contributed by atoms with Gasteiger partial charge in [-0.05, 0) is 84.8 Å². The highest BCUT2D eigenvalue weighted by molar-refractivity contribution is 8.00. The van der Waals surface area contributed by atoms with Gasteiger partial charge in [0.25, 0.3) is 17.5 Å². The number of benzene rings is 4. The minimum atomic E-state index is -0.589. The van der Waals surface area contributed by atoms with E-state index in [0.29, 0.717) is 27.5 Å². The summed E-state index contributed by atoms with van der Waals surface area (Å²) in [5.74, 6) is -1.09. The molecule has 3 amide bonds. The lowest BCUT2D eigenvalue weighted by Crippen LogP contribution is -2.30. The second-order valence-electron chi connectivity index (χ2n) is 9.00. The van der Waals surface area contributed by atoms with Crippen molar-refractivity contribution in [3.8, 4) is 0 Å². The van der Waals surface area contributed by atoms with E-state index in [4.69, 9.17) is 11.6 Å². The van der Waals surface area contributed by atoms with Crippen molar-refractivity contribution in [1.82, 2.24) is 5.32 Å². The number of nitro groups is 1. The van der Waals surface area contributed by atoms with Crippen LogP contribution in [0.3, 0.4) is 0 Å². The van der Waals surface area contributed by atoms with Gasteiger partial charge in [-0.3, -0.25) is 24.5 Å². The molecule has 4 aromatic rings. The lowest BCUT2D eigenvalue weighted by atomic mass is 10.1. The van der Waals surface area contributed by atoms with Crippen LogP contribution >= 0.6 is 23.4 Å². The third-order valence-electron chi connectivity index (χ3n) is 5.90. The van der Waals surface area contributed by atoms with Crippen molar-refractivity contribution >= 4 is 64.2 Å². The van der Waals surface area contributed by atoms with Gasteiger partial charge in [0.15, 0.2) is 0 Å². The van der Waals surface area contributed by atoms with E-state index in [1.165, 1.54) is 42.1 Å². The number of nitro benzene ring substituents is 1. The zero-order chi connectivity index (χ0) is 30.1. The van der Waals surface area contributed by atoms with Crippen LogP contribution in [0.4, 0.5) is 17.1 Å². The molecule has 0 saturated carbocycles. The molecule has 0 aliphatic carbocycles. The number of amides is 3. The van der Waals surface area contributed by atoms with Crippen LogP contribution in [-0.2, 0) is 9.59 Å². The predicted molar refractivity (Wildman–Crippen MR) is 166 cm³/mol. The average Bonchev–Trinajstić information content (AvgIpc) is 2.99. The van der Waals surface area contributed by atoms with Crippen LogP contribution < -0.4 is 16.0 Å². The smallest absolute Gasteiger partial charge is 0.272 e. The minimum Gasteiger partial charge on any atom is -0.325 e. The Balaban J connectivity index is 1.42. The second kappa shape index (κ2) is 14.1. The number of nitrogens with one attached hydrogen (secondary N) is 3. The second-order valence-corrected chi connectivity index (χ2v) is 10.5. The number of halogens is 1. The van der Waals surface area contributed by atoms with Crippen molar-refractivity contribution in [3.63, 3.8) is 0 Å². The van der Waals surface area contributed by atoms with Crippen molar-refractivity contribution in [2.45, 2.75) is 11.8 Å². The standard InChI is InChI=1S/C31H25ClN4O5S/c1-20-7-10-23(32)18-27(20)34-29(37)19-42-26-15-11-24(12-16-26)33-31(39)28(35-30(38)22-5-3-2-4-6-22)17-21-8-13-25(14-9-21)36(40)41/h2-18H,19H2,1H3,(H,33,39)(H,34,37)(H,35,38)/b28-17-. The van der Waals surface area contributed by atoms with Crippen LogP contribution in [0.5, 0.6) is 0 Å². The number of hydrogen-bond donors (Lipinski definition) is 3. The molecule has 0 fully saturated rings. The van der Waals surface area contributed by atoms with Gasteiger partial charge in [0.05, 0.1) is 10.7 Å². The van der Waals surface area contributed by atoms with E-state index in [-0.39, 0.29) is 23.0 Å². The third-order valence-corrected chi connectivity index (χ3v) is 7.15. The van der Waals surface area contributed by atoms with Crippen LogP contribution in [-0.4, -0.2) is 28.4 Å². The van der Waals surface area contributed by atoms with Gasteiger partial charge in [-0.15, -0.1) is 11.8 Å². The number of rotatable bonds is 10. The van der Waals surface area contributed by atoms with Gasteiger partial charge >= 0.3 is 0 Å². The Morgan fingerprint density at radius 3 is 2.26 bits per heavy atom. The number of non-ortho nitro benzene ring substituents is 1. The molecule has 0 spiro atoms. The molecule has 0 bridgehead atoms. The fourth-order valence-electron chi connectivity index (χ4n) is 3.70. The summed E-state index contributed by atoms with van der Waals surface area (Å²) in [5.41, 5.74) is 2.72. The molecule has 9 nitrogen and oxygen atoms in total. The fraction of sp³-hybridized carbons (Fsp3) is 0.0645. The number of carbonyl (C=O) groups excluding carboxylic acids is 3. The van der Waals surface area contributed by atoms with E-state index in [1.54, 1.807) is 66.7 Å². The maximum Gasteiger partial charge on any atom is 0.272 e. The Morgan fingerprint density at radius 2 is 1.60 bits per heavy atom. The normalized spacial score (nSPS) is 11.0. The highest BCUT2D eigenvalue weighted by atomic mass is 35.5. The summed E-state index contributed by atoms with van der Waals surface area (Å²) in [7, 11) is 0. The highest BCUT2D eigenvalue weighted by Gasteiger charge is 2.16. The molecule has 0 heterocycles. The zero-order valence-electron chi connectivity index (χ0n) is 22.3. The average molecular weight is 601 g/mol. The SMILES string of the molecule is Cc1ccc(Cl)cc1NC(=O)CSc1ccc(NC(=O)/C(=C/c2ccc([N+](=O)[O-])cc2)NC(=O)c2ccccc2)cc1. The summed E-state index contributed by atoms with van der Waals surface area (Å²) in [6, 6.07) is 26.2. The van der Waals surface area contributed by atoms with Gasteiger partial charge in [-0.25, -0.2) is 0 Å². The lowest BCUT2D eigenvalue weighted by molar-refractivity contribution is -0.384. The third kappa shape index (κ3) is 8.53. The quantitative estimate of drug-likeness (QED) is 0.0804. The Kier molecular flexibility index (Phi) is 10.1. The largest absolute Gasteiger partial charge is 0.325 e. The summed E-state index contributed by atoms with van der Waals surface area (Å²) in [5, 5.41) is 19.8. The Labute approximate surface area is 251 Å². The number of anilines is 2. The van der Waals surface area contributed by atoms with E-state index in [2.05, 4.69) is 16.0 Å². The molecule has 3 N–H and O–H groups in total. The topological polar surface area (TPSA) is 130 Å². The molecule has 212 valence electrons. The predicted octanol–water partition coefficient (Wildman–Crippen LogP) is 6.70. The summed E-state index contributed by atoms with van der Waals surface area (Å²) in [4.78, 5) is 49.7. The van der Waals surface area contributed by atoms with Crippen LogP contribution in [0.2, 0.25) is 5.02 Å². The van der Waals surface area contributed by atoms with Crippen molar-refractivity contribution in [2.75, 3.05) is 16.4 Å². The highest BCUT2D eigenvalue weighted by Crippen LogP contribution is 2.23. The lowest BCUT2D eigenvalue weighted by Gasteiger charge is -2.12. The Hall–Kier alpha value is -4.93. The molecular weight excluding hydrogens is 576 g/mol. The van der Waals surface area contributed by atoms with Gasteiger partial charge in [-0.1, -0.05) is 35.9 Å². The number of aryl methyl sites for hydroxylation is 1. The van der Waals surface area contributed by atoms with E-state index in [0.717, 1.165) is 10.5 Å². The summed E-state index contributed by atoms with van der Waals surface area (Å²) in [6.45, 7) is 1.88. The zero-order valence-corrected chi connectivity index (χ0v) is 23.9. The van der Waals surface area contributed by atoms with Crippen LogP contribution in [0.15, 0.2) is 108 Å². The van der Waals surface area contributed by atoms with Crippen molar-refractivity contribution in [3.05, 3.63) is 135 Å². The molecule has 0 atom stereocenters. The first-order valence-corrected chi connectivity index (χ1v) is 14.0. The molecular formula is C31H25ClN4O5S. The van der Waals surface area contributed by atoms with Crippen LogP contribution in [0.1, 0.15) is 21.5 Å². The van der Waals surface area contributed by atoms with E-state index in [1.807, 2.05) is 13.0 Å². The number of hydrogen-bond acceptors (Lipinski definition) is 6. The minimum absolute atomic E-state index is 0.0517. The van der Waals surface area contributed by atoms with Crippen molar-refractivity contribution in [1.29, 1.82) is 0 Å². The van der Waals surface area contributed by atoms with Gasteiger partial charge < -0.3 is 16.0 Å². The first-order valence-electron chi connectivity index (χ1n) is 12.6. The molecule has 4 aromatic carbocycles. The van der Waals surface area contributed by atoms with Gasteiger partial charge in [0, 0.05) is 39.0 Å². The summed E-state index contributed by atoms with van der Waals surface area (Å²) >= 11 is 7.35. The number of nitrogens with zero attached hydrogens (tertiary/aromatic N) is 1. The number of thioether (sulfide) groups is 1. The van der Waals surface area contributed by atoms with E-state index < -0.39 is 16.7 Å². The van der Waals surface area contributed by atoms with Crippen LogP contribution in [0.25, 0.3) is 6.08 Å². The first kappa shape index (κ1) is 30.0. The maximum atomic E-state index is 13.2. The van der Waals surface area contributed by atoms with Gasteiger partial charge in [-0.2, -0.15) is 0 Å². The van der Waals surface area contributed by atoms with E-state index >= 15 is 0 Å². The Bertz CT molecular complexity index is 1640. The van der Waals surface area contributed by atoms with Crippen LogP contribution in [0, 0.1) is 17.0 Å². The molecule has 0 radical (unpaired) electrons. The fourth-order valence-corrected chi connectivity index (χ4v) is 4.57. The first-order chi connectivity index (χ1) is 20.2. The molecule has 0 saturated heterocycles. The summed E-state index contributed by atoms with van der Waals surface area (Å²) < 4.78 is 0.